The molecular weight excluding hydrogens is 208 g/mol. The highest BCUT2D eigenvalue weighted by Crippen LogP contribution is 2.27. The summed E-state index contributed by atoms with van der Waals surface area (Å²) in [5, 5.41) is 4.27. The van der Waals surface area contributed by atoms with E-state index < -0.39 is 0 Å². The number of rotatable bonds is 1. The zero-order valence-electron chi connectivity index (χ0n) is 9.04. The quantitative estimate of drug-likeness (QED) is 0.789. The second kappa shape index (κ2) is 4.86. The number of halogens is 1. The fourth-order valence-electron chi connectivity index (χ4n) is 2.05. The number of benzene rings is 1. The van der Waals surface area contributed by atoms with Gasteiger partial charge in [-0.1, -0.05) is 23.7 Å². The molecule has 82 valence electrons. The van der Waals surface area contributed by atoms with Crippen LogP contribution in [-0.4, -0.2) is 25.7 Å². The lowest BCUT2D eigenvalue weighted by Gasteiger charge is -2.29. The molecule has 1 saturated heterocycles. The van der Waals surface area contributed by atoms with E-state index in [0.717, 1.165) is 30.3 Å². The minimum Gasteiger partial charge on any atom is -0.366 e. The third-order valence-electron chi connectivity index (χ3n) is 2.96. The summed E-state index contributed by atoms with van der Waals surface area (Å²) in [5.41, 5.74) is 1.16. The molecule has 0 spiro atoms. The molecule has 0 aromatic heterocycles. The second-order valence-electron chi connectivity index (χ2n) is 4.03. The van der Waals surface area contributed by atoms with Crippen LogP contribution >= 0.6 is 11.6 Å². The summed E-state index contributed by atoms with van der Waals surface area (Å²) in [4.78, 5) is 2.39. The minimum atomic E-state index is 0.555. The molecule has 2 rings (SSSR count). The fraction of sp³-hybridized carbons (Fsp3) is 0.500. The first-order valence-corrected chi connectivity index (χ1v) is 5.89. The Hall–Kier alpha value is -0.730. The Bertz CT molecular complexity index is 327. The van der Waals surface area contributed by atoms with Gasteiger partial charge in [0.1, 0.15) is 0 Å². The number of nitrogens with one attached hydrogen (secondary N) is 1. The van der Waals surface area contributed by atoms with Gasteiger partial charge < -0.3 is 10.2 Å². The molecule has 0 aliphatic carbocycles. The van der Waals surface area contributed by atoms with Crippen molar-refractivity contribution in [2.75, 3.05) is 24.5 Å². The van der Waals surface area contributed by atoms with Crippen molar-refractivity contribution in [2.24, 2.45) is 0 Å². The van der Waals surface area contributed by atoms with Crippen molar-refractivity contribution < 1.29 is 0 Å². The molecule has 3 heteroatoms. The van der Waals surface area contributed by atoms with Crippen LogP contribution in [0, 0.1) is 0 Å². The molecule has 1 N–H and O–H groups in total. The summed E-state index contributed by atoms with van der Waals surface area (Å²) in [6.45, 7) is 5.43. The third-order valence-corrected chi connectivity index (χ3v) is 3.28. The molecule has 1 heterocycles. The molecule has 15 heavy (non-hydrogen) atoms. The van der Waals surface area contributed by atoms with E-state index in [1.54, 1.807) is 0 Å². The summed E-state index contributed by atoms with van der Waals surface area (Å²) in [6.07, 6.45) is 1.17. The van der Waals surface area contributed by atoms with E-state index in [-0.39, 0.29) is 0 Å². The van der Waals surface area contributed by atoms with Gasteiger partial charge in [-0.25, -0.2) is 0 Å². The van der Waals surface area contributed by atoms with E-state index in [1.165, 1.54) is 6.42 Å². The van der Waals surface area contributed by atoms with Gasteiger partial charge in [0.15, 0.2) is 0 Å². The Kier molecular flexibility index (Phi) is 3.49. The largest absolute Gasteiger partial charge is 0.366 e. The first kappa shape index (κ1) is 10.8. The fourth-order valence-corrected chi connectivity index (χ4v) is 2.30. The Morgan fingerprint density at radius 1 is 1.33 bits per heavy atom. The zero-order valence-corrected chi connectivity index (χ0v) is 9.80. The highest BCUT2D eigenvalue weighted by molar-refractivity contribution is 6.33. The normalized spacial score (nSPS) is 22.5. The van der Waals surface area contributed by atoms with Gasteiger partial charge in [0.25, 0.3) is 0 Å². The standard InChI is InChI=1S/C12H17ClN2/c1-10-6-7-14-8-9-15(10)12-5-3-2-4-11(12)13/h2-5,10,14H,6-9H2,1H3. The molecule has 0 saturated carbocycles. The van der Waals surface area contributed by atoms with E-state index in [0.29, 0.717) is 6.04 Å². The van der Waals surface area contributed by atoms with Crippen LogP contribution in [0.15, 0.2) is 24.3 Å². The van der Waals surface area contributed by atoms with Gasteiger partial charge in [-0.15, -0.1) is 0 Å². The lowest BCUT2D eigenvalue weighted by atomic mass is 10.2. The van der Waals surface area contributed by atoms with Crippen LogP contribution in [-0.2, 0) is 0 Å². The average molecular weight is 225 g/mol. The van der Waals surface area contributed by atoms with Crippen LogP contribution in [0.2, 0.25) is 5.02 Å². The van der Waals surface area contributed by atoms with E-state index in [1.807, 2.05) is 18.2 Å². The number of hydrogen-bond acceptors (Lipinski definition) is 2. The van der Waals surface area contributed by atoms with Crippen molar-refractivity contribution in [3.8, 4) is 0 Å². The number of nitrogens with zero attached hydrogens (tertiary/aromatic N) is 1. The van der Waals surface area contributed by atoms with E-state index in [2.05, 4.69) is 23.2 Å². The lowest BCUT2D eigenvalue weighted by Crippen LogP contribution is -2.34. The second-order valence-corrected chi connectivity index (χ2v) is 4.44. The van der Waals surface area contributed by atoms with Crippen LogP contribution in [0.5, 0.6) is 0 Å². The molecule has 0 bridgehead atoms. The van der Waals surface area contributed by atoms with Gasteiger partial charge in [-0.2, -0.15) is 0 Å². The van der Waals surface area contributed by atoms with Crippen molar-refractivity contribution in [2.45, 2.75) is 19.4 Å². The minimum absolute atomic E-state index is 0.555. The first-order chi connectivity index (χ1) is 7.29. The molecule has 2 nitrogen and oxygen atoms in total. The highest BCUT2D eigenvalue weighted by Gasteiger charge is 2.18. The Morgan fingerprint density at radius 2 is 2.13 bits per heavy atom. The average Bonchev–Trinajstić information content (AvgIpc) is 2.44. The molecule has 1 fully saturated rings. The maximum atomic E-state index is 6.21. The van der Waals surface area contributed by atoms with E-state index in [9.17, 15) is 0 Å². The van der Waals surface area contributed by atoms with Gasteiger partial charge in [0.2, 0.25) is 0 Å². The van der Waals surface area contributed by atoms with Crippen molar-refractivity contribution >= 4 is 17.3 Å². The van der Waals surface area contributed by atoms with Crippen LogP contribution < -0.4 is 10.2 Å². The molecule has 1 aromatic rings. The Labute approximate surface area is 96.2 Å². The molecular formula is C12H17ClN2. The smallest absolute Gasteiger partial charge is 0.0639 e. The summed E-state index contributed by atoms with van der Waals surface area (Å²) in [5.74, 6) is 0. The van der Waals surface area contributed by atoms with Crippen molar-refractivity contribution in [3.05, 3.63) is 29.3 Å². The van der Waals surface area contributed by atoms with Crippen LogP contribution in [0.25, 0.3) is 0 Å². The van der Waals surface area contributed by atoms with Gasteiger partial charge in [-0.3, -0.25) is 0 Å². The molecule has 1 aromatic carbocycles. The third kappa shape index (κ3) is 2.44. The topological polar surface area (TPSA) is 15.3 Å². The Morgan fingerprint density at radius 3 is 2.93 bits per heavy atom. The summed E-state index contributed by atoms with van der Waals surface area (Å²) >= 11 is 6.21. The van der Waals surface area contributed by atoms with Crippen molar-refractivity contribution in [1.82, 2.24) is 5.32 Å². The van der Waals surface area contributed by atoms with Crippen molar-refractivity contribution in [1.29, 1.82) is 0 Å². The summed E-state index contributed by atoms with van der Waals surface area (Å²) in [7, 11) is 0. The predicted molar refractivity (Wildman–Crippen MR) is 65.7 cm³/mol. The van der Waals surface area contributed by atoms with E-state index in [4.69, 9.17) is 11.6 Å². The molecule has 1 aliphatic heterocycles. The van der Waals surface area contributed by atoms with E-state index >= 15 is 0 Å². The van der Waals surface area contributed by atoms with Gasteiger partial charge >= 0.3 is 0 Å². The molecule has 0 radical (unpaired) electrons. The number of para-hydroxylation sites is 1. The van der Waals surface area contributed by atoms with Crippen LogP contribution in [0.3, 0.4) is 0 Å². The molecule has 1 unspecified atom stereocenters. The molecule has 0 amide bonds. The summed E-state index contributed by atoms with van der Waals surface area (Å²) < 4.78 is 0. The molecule has 1 atom stereocenters. The zero-order chi connectivity index (χ0) is 10.7. The van der Waals surface area contributed by atoms with Gasteiger partial charge in [0, 0.05) is 19.1 Å². The SMILES string of the molecule is CC1CCNCCN1c1ccccc1Cl. The first-order valence-electron chi connectivity index (χ1n) is 5.51. The van der Waals surface area contributed by atoms with Crippen molar-refractivity contribution in [3.63, 3.8) is 0 Å². The van der Waals surface area contributed by atoms with Gasteiger partial charge in [-0.05, 0) is 32.0 Å². The number of anilines is 1. The maximum absolute atomic E-state index is 6.21. The van der Waals surface area contributed by atoms with Crippen LogP contribution in [0.1, 0.15) is 13.3 Å². The summed E-state index contributed by atoms with van der Waals surface area (Å²) in [6, 6.07) is 8.64. The van der Waals surface area contributed by atoms with Crippen LogP contribution in [0.4, 0.5) is 5.69 Å². The lowest BCUT2D eigenvalue weighted by molar-refractivity contribution is 0.631. The highest BCUT2D eigenvalue weighted by atomic mass is 35.5. The van der Waals surface area contributed by atoms with Gasteiger partial charge in [0.05, 0.1) is 10.7 Å². The Balaban J connectivity index is 2.24. The predicted octanol–water partition coefficient (Wildman–Crippen LogP) is 2.53. The monoisotopic (exact) mass is 224 g/mol. The molecule has 1 aliphatic rings. The number of hydrogen-bond donors (Lipinski definition) is 1. The maximum Gasteiger partial charge on any atom is 0.0639 e.